The number of nitrogens with zero attached hydrogens (tertiary/aromatic N) is 3. The summed E-state index contributed by atoms with van der Waals surface area (Å²) in [6.45, 7) is 1.70. The number of ether oxygens (including phenoxy) is 2. The van der Waals surface area contributed by atoms with E-state index in [1.54, 1.807) is 36.8 Å². The second-order valence-corrected chi connectivity index (χ2v) is 10.1. The Morgan fingerprint density at radius 2 is 1.68 bits per heavy atom. The molecule has 0 radical (unpaired) electrons. The molecule has 0 saturated carbocycles. The lowest BCUT2D eigenvalue weighted by atomic mass is 10.2. The standard InChI is InChI=1S/C27H28N4O5S/c1-20-4-11-24(12-5-20)37(33,34)31(23-10-13-25(35-2)26(16-23)36-3)18-27(32)29-17-21-6-8-22(9-7-21)30-15-14-28-19-30/h4-16,19H,17-18H2,1-3H3,(H,29,32). The molecular weight excluding hydrogens is 492 g/mol. The molecule has 192 valence electrons. The number of imidazole rings is 1. The van der Waals surface area contributed by atoms with E-state index in [-0.39, 0.29) is 17.1 Å². The molecule has 4 aromatic rings. The largest absolute Gasteiger partial charge is 0.493 e. The second kappa shape index (κ2) is 11.2. The van der Waals surface area contributed by atoms with E-state index in [4.69, 9.17) is 9.47 Å². The molecule has 0 aliphatic heterocycles. The summed E-state index contributed by atoms with van der Waals surface area (Å²) in [4.78, 5) is 17.1. The second-order valence-electron chi connectivity index (χ2n) is 8.28. The third-order valence-corrected chi connectivity index (χ3v) is 7.57. The van der Waals surface area contributed by atoms with Gasteiger partial charge in [-0.2, -0.15) is 0 Å². The highest BCUT2D eigenvalue weighted by molar-refractivity contribution is 7.92. The van der Waals surface area contributed by atoms with Gasteiger partial charge >= 0.3 is 0 Å². The van der Waals surface area contributed by atoms with Crippen molar-refractivity contribution < 1.29 is 22.7 Å². The summed E-state index contributed by atoms with van der Waals surface area (Å²) in [6.07, 6.45) is 5.24. The molecule has 9 nitrogen and oxygen atoms in total. The third-order valence-electron chi connectivity index (χ3n) is 5.78. The van der Waals surface area contributed by atoms with Crippen molar-refractivity contribution in [1.29, 1.82) is 0 Å². The van der Waals surface area contributed by atoms with Crippen molar-refractivity contribution in [2.24, 2.45) is 0 Å². The fraction of sp³-hybridized carbons (Fsp3) is 0.185. The van der Waals surface area contributed by atoms with Crippen LogP contribution < -0.4 is 19.1 Å². The number of carbonyl (C=O) groups is 1. The van der Waals surface area contributed by atoms with Crippen LogP contribution in [0.2, 0.25) is 0 Å². The van der Waals surface area contributed by atoms with Crippen LogP contribution in [0.3, 0.4) is 0 Å². The highest BCUT2D eigenvalue weighted by Crippen LogP contribution is 2.33. The monoisotopic (exact) mass is 520 g/mol. The first kappa shape index (κ1) is 25.8. The highest BCUT2D eigenvalue weighted by atomic mass is 32.2. The lowest BCUT2D eigenvalue weighted by Gasteiger charge is -2.25. The first-order valence-corrected chi connectivity index (χ1v) is 12.9. The van der Waals surface area contributed by atoms with E-state index in [0.29, 0.717) is 11.5 Å². The van der Waals surface area contributed by atoms with E-state index < -0.39 is 22.5 Å². The number of aromatic nitrogens is 2. The average molecular weight is 521 g/mol. The minimum atomic E-state index is -4.06. The summed E-state index contributed by atoms with van der Waals surface area (Å²) in [5.74, 6) is 0.342. The van der Waals surface area contributed by atoms with Gasteiger partial charge in [0.05, 0.1) is 31.1 Å². The van der Waals surface area contributed by atoms with Crippen molar-refractivity contribution in [3.63, 3.8) is 0 Å². The maximum Gasteiger partial charge on any atom is 0.264 e. The van der Waals surface area contributed by atoms with Crippen molar-refractivity contribution in [3.8, 4) is 17.2 Å². The van der Waals surface area contributed by atoms with Gasteiger partial charge in [-0.25, -0.2) is 13.4 Å². The van der Waals surface area contributed by atoms with Crippen LogP contribution in [0.25, 0.3) is 5.69 Å². The molecule has 10 heteroatoms. The van der Waals surface area contributed by atoms with Crippen LogP contribution >= 0.6 is 0 Å². The van der Waals surface area contributed by atoms with Crippen molar-refractivity contribution in [1.82, 2.24) is 14.9 Å². The van der Waals surface area contributed by atoms with Crippen LogP contribution in [0.5, 0.6) is 11.5 Å². The summed E-state index contributed by atoms with van der Waals surface area (Å²) in [7, 11) is -1.10. The average Bonchev–Trinajstić information content (AvgIpc) is 3.46. The maximum atomic E-state index is 13.6. The first-order valence-electron chi connectivity index (χ1n) is 11.5. The summed E-state index contributed by atoms with van der Waals surface area (Å²) in [5, 5.41) is 2.82. The zero-order chi connectivity index (χ0) is 26.4. The Hall–Kier alpha value is -4.31. The van der Waals surface area contributed by atoms with Gasteiger partial charge in [0, 0.05) is 30.7 Å². The number of sulfonamides is 1. The molecule has 0 aliphatic rings. The van der Waals surface area contributed by atoms with Crippen LogP contribution in [-0.2, 0) is 21.4 Å². The molecule has 1 heterocycles. The van der Waals surface area contributed by atoms with E-state index in [1.165, 1.54) is 32.4 Å². The topological polar surface area (TPSA) is 103 Å². The number of aryl methyl sites for hydroxylation is 1. The van der Waals surface area contributed by atoms with Crippen LogP contribution in [0.4, 0.5) is 5.69 Å². The van der Waals surface area contributed by atoms with Gasteiger partial charge in [-0.15, -0.1) is 0 Å². The molecule has 0 atom stereocenters. The molecule has 0 spiro atoms. The SMILES string of the molecule is COc1ccc(N(CC(=O)NCc2ccc(-n3ccnc3)cc2)S(=O)(=O)c2ccc(C)cc2)cc1OC. The quantitative estimate of drug-likeness (QED) is 0.342. The van der Waals surface area contributed by atoms with E-state index in [0.717, 1.165) is 21.1 Å². The number of carbonyl (C=O) groups excluding carboxylic acids is 1. The molecule has 3 aromatic carbocycles. The summed E-state index contributed by atoms with van der Waals surface area (Å²) < 4.78 is 40.8. The number of hydrogen-bond acceptors (Lipinski definition) is 6. The van der Waals surface area contributed by atoms with Gasteiger partial charge in [0.1, 0.15) is 6.54 Å². The third kappa shape index (κ3) is 5.92. The molecule has 0 saturated heterocycles. The number of methoxy groups -OCH3 is 2. The Balaban J connectivity index is 1.56. The first-order chi connectivity index (χ1) is 17.8. The van der Waals surface area contributed by atoms with Crippen molar-refractivity contribution in [2.75, 3.05) is 25.1 Å². The zero-order valence-corrected chi connectivity index (χ0v) is 21.6. The molecule has 1 aromatic heterocycles. The maximum absolute atomic E-state index is 13.6. The fourth-order valence-electron chi connectivity index (χ4n) is 3.72. The Labute approximate surface area is 216 Å². The summed E-state index contributed by atoms with van der Waals surface area (Å²) in [5.41, 5.74) is 3.01. The zero-order valence-electron chi connectivity index (χ0n) is 20.8. The molecule has 0 bridgehead atoms. The lowest BCUT2D eigenvalue weighted by molar-refractivity contribution is -0.119. The Bertz CT molecular complexity index is 1450. The number of rotatable bonds is 10. The Kier molecular flexibility index (Phi) is 7.78. The van der Waals surface area contributed by atoms with Gasteiger partial charge in [-0.1, -0.05) is 29.8 Å². The summed E-state index contributed by atoms with van der Waals surface area (Å²) in [6, 6.07) is 18.8. The van der Waals surface area contributed by atoms with Crippen LogP contribution in [-0.4, -0.2) is 44.6 Å². The van der Waals surface area contributed by atoms with Crippen molar-refractivity contribution >= 4 is 21.6 Å². The van der Waals surface area contributed by atoms with Gasteiger partial charge in [-0.3, -0.25) is 9.10 Å². The van der Waals surface area contributed by atoms with E-state index in [2.05, 4.69) is 10.3 Å². The molecule has 1 amide bonds. The Morgan fingerprint density at radius 3 is 2.30 bits per heavy atom. The molecule has 4 rings (SSSR count). The smallest absolute Gasteiger partial charge is 0.264 e. The molecular formula is C27H28N4O5S. The van der Waals surface area contributed by atoms with E-state index in [9.17, 15) is 13.2 Å². The van der Waals surface area contributed by atoms with Gasteiger partial charge in [0.2, 0.25) is 5.91 Å². The van der Waals surface area contributed by atoms with Crippen LogP contribution in [0.1, 0.15) is 11.1 Å². The molecule has 37 heavy (non-hydrogen) atoms. The summed E-state index contributed by atoms with van der Waals surface area (Å²) >= 11 is 0. The van der Waals surface area contributed by atoms with E-state index in [1.807, 2.05) is 42.0 Å². The number of benzene rings is 3. The van der Waals surface area contributed by atoms with Gasteiger partial charge in [0.15, 0.2) is 11.5 Å². The highest BCUT2D eigenvalue weighted by Gasteiger charge is 2.28. The molecule has 0 aliphatic carbocycles. The Morgan fingerprint density at radius 1 is 0.973 bits per heavy atom. The van der Waals surface area contributed by atoms with Crippen molar-refractivity contribution in [3.05, 3.63) is 96.6 Å². The predicted molar refractivity (Wildman–Crippen MR) is 141 cm³/mol. The van der Waals surface area contributed by atoms with Crippen LogP contribution in [0.15, 0.2) is 90.3 Å². The molecule has 0 unspecified atom stereocenters. The predicted octanol–water partition coefficient (Wildman–Crippen LogP) is 3.71. The number of hydrogen-bond donors (Lipinski definition) is 1. The minimum absolute atomic E-state index is 0.0794. The van der Waals surface area contributed by atoms with Gasteiger partial charge in [0.25, 0.3) is 10.0 Å². The van der Waals surface area contributed by atoms with Crippen molar-refractivity contribution in [2.45, 2.75) is 18.4 Å². The van der Waals surface area contributed by atoms with Crippen LogP contribution in [0, 0.1) is 6.92 Å². The fourth-order valence-corrected chi connectivity index (χ4v) is 5.13. The number of anilines is 1. The number of amides is 1. The molecule has 1 N–H and O–H groups in total. The normalized spacial score (nSPS) is 11.1. The number of nitrogens with one attached hydrogen (secondary N) is 1. The van der Waals surface area contributed by atoms with E-state index >= 15 is 0 Å². The molecule has 0 fully saturated rings. The van der Waals surface area contributed by atoms with Gasteiger partial charge < -0.3 is 19.4 Å². The van der Waals surface area contributed by atoms with Gasteiger partial charge in [-0.05, 0) is 48.9 Å². The lowest BCUT2D eigenvalue weighted by Crippen LogP contribution is -2.40. The minimum Gasteiger partial charge on any atom is -0.493 e.